The molecule has 1 unspecified atom stereocenters. The molecular formula is C52H90O6. The van der Waals surface area contributed by atoms with Crippen molar-refractivity contribution in [3.05, 3.63) is 60.8 Å². The molecule has 0 aromatic heterocycles. The van der Waals surface area contributed by atoms with E-state index in [-0.39, 0.29) is 31.1 Å². The summed E-state index contributed by atoms with van der Waals surface area (Å²) < 4.78 is 16.7. The zero-order valence-corrected chi connectivity index (χ0v) is 38.0. The maximum absolute atomic E-state index is 12.7. The van der Waals surface area contributed by atoms with Crippen molar-refractivity contribution < 1.29 is 28.6 Å². The van der Waals surface area contributed by atoms with Crippen LogP contribution in [0.1, 0.15) is 233 Å². The second-order valence-corrected chi connectivity index (χ2v) is 16.0. The van der Waals surface area contributed by atoms with E-state index in [2.05, 4.69) is 81.5 Å². The lowest BCUT2D eigenvalue weighted by Gasteiger charge is -2.18. The fourth-order valence-electron chi connectivity index (χ4n) is 6.60. The van der Waals surface area contributed by atoms with E-state index < -0.39 is 6.10 Å². The Morgan fingerprint density at radius 2 is 0.672 bits per heavy atom. The Labute approximate surface area is 358 Å². The van der Waals surface area contributed by atoms with Crippen molar-refractivity contribution >= 4 is 17.9 Å². The van der Waals surface area contributed by atoms with E-state index >= 15 is 0 Å². The van der Waals surface area contributed by atoms with Crippen LogP contribution in [0, 0.1) is 0 Å². The molecule has 0 saturated heterocycles. The Kier molecular flexibility index (Phi) is 44.5. The zero-order chi connectivity index (χ0) is 42.3. The van der Waals surface area contributed by atoms with E-state index in [9.17, 15) is 14.4 Å². The summed E-state index contributed by atoms with van der Waals surface area (Å²) in [6.07, 6.45) is 56.3. The molecule has 0 aliphatic rings. The first-order chi connectivity index (χ1) is 28.5. The topological polar surface area (TPSA) is 78.9 Å². The second-order valence-electron chi connectivity index (χ2n) is 16.0. The molecule has 0 N–H and O–H groups in total. The molecule has 334 valence electrons. The Bertz CT molecular complexity index is 1070. The number of hydrogen-bond acceptors (Lipinski definition) is 6. The number of carbonyl (C=O) groups excluding carboxylic acids is 3. The number of hydrogen-bond donors (Lipinski definition) is 0. The Morgan fingerprint density at radius 3 is 1.09 bits per heavy atom. The summed E-state index contributed by atoms with van der Waals surface area (Å²) in [5, 5.41) is 0. The number of esters is 3. The van der Waals surface area contributed by atoms with Gasteiger partial charge in [-0.1, -0.05) is 191 Å². The Balaban J connectivity index is 4.43. The predicted octanol–water partition coefficient (Wildman–Crippen LogP) is 15.7. The van der Waals surface area contributed by atoms with Crippen LogP contribution in [0.25, 0.3) is 0 Å². The Hall–Kier alpha value is -2.89. The SMILES string of the molecule is CC/C=C\C/C=C\C/C=C\CCCCCC(=O)OC(COC(=O)CCCCCCC/C=C\C/C=C\CCCCCC)COC(=O)CCCCCCCCCCCCC. The minimum atomic E-state index is -0.791. The molecule has 0 heterocycles. The summed E-state index contributed by atoms with van der Waals surface area (Å²) in [5.74, 6) is -0.934. The van der Waals surface area contributed by atoms with Gasteiger partial charge in [-0.2, -0.15) is 0 Å². The number of allylic oxidation sites excluding steroid dienone is 10. The fraction of sp³-hybridized carbons (Fsp3) is 0.750. The van der Waals surface area contributed by atoms with Crippen LogP contribution in [0.3, 0.4) is 0 Å². The van der Waals surface area contributed by atoms with Crippen LogP contribution in [0.5, 0.6) is 0 Å². The monoisotopic (exact) mass is 811 g/mol. The fourth-order valence-corrected chi connectivity index (χ4v) is 6.60. The largest absolute Gasteiger partial charge is 0.462 e. The molecular weight excluding hydrogens is 721 g/mol. The van der Waals surface area contributed by atoms with Crippen LogP contribution >= 0.6 is 0 Å². The standard InChI is InChI=1S/C52H90O6/c1-4-7-10-13-16-19-22-24-25-26-28-30-33-36-39-42-45-51(54)57-48-49(47-56-50(53)44-41-38-35-32-29-21-18-15-12-9-6-3)58-52(55)46-43-40-37-34-31-27-23-20-17-14-11-8-5-2/h8,11,17,19-20,22,25-27,31,49H,4-7,9-10,12-16,18,21,23-24,28-30,32-48H2,1-3H3/b11-8-,20-17-,22-19-,26-25-,31-27-. The van der Waals surface area contributed by atoms with Crippen molar-refractivity contribution in [3.63, 3.8) is 0 Å². The first-order valence-corrected chi connectivity index (χ1v) is 24.3. The smallest absolute Gasteiger partial charge is 0.306 e. The summed E-state index contributed by atoms with van der Waals surface area (Å²) in [6.45, 7) is 6.46. The zero-order valence-electron chi connectivity index (χ0n) is 38.0. The average Bonchev–Trinajstić information content (AvgIpc) is 3.22. The molecule has 58 heavy (non-hydrogen) atoms. The van der Waals surface area contributed by atoms with Crippen molar-refractivity contribution in [2.24, 2.45) is 0 Å². The number of carbonyl (C=O) groups is 3. The van der Waals surface area contributed by atoms with Crippen molar-refractivity contribution in [2.75, 3.05) is 13.2 Å². The van der Waals surface area contributed by atoms with E-state index in [1.807, 2.05) is 0 Å². The minimum absolute atomic E-state index is 0.0895. The van der Waals surface area contributed by atoms with Gasteiger partial charge in [0.25, 0.3) is 0 Å². The maximum Gasteiger partial charge on any atom is 0.306 e. The van der Waals surface area contributed by atoms with Gasteiger partial charge >= 0.3 is 17.9 Å². The lowest BCUT2D eigenvalue weighted by molar-refractivity contribution is -0.167. The highest BCUT2D eigenvalue weighted by Gasteiger charge is 2.19. The van der Waals surface area contributed by atoms with Crippen LogP contribution in [-0.2, 0) is 28.6 Å². The highest BCUT2D eigenvalue weighted by atomic mass is 16.6. The molecule has 1 atom stereocenters. The molecule has 0 bridgehead atoms. The summed E-state index contributed by atoms with van der Waals surface area (Å²) in [7, 11) is 0. The number of ether oxygens (including phenoxy) is 3. The van der Waals surface area contributed by atoms with Gasteiger partial charge in [0.15, 0.2) is 6.10 Å². The van der Waals surface area contributed by atoms with Gasteiger partial charge in [0.1, 0.15) is 13.2 Å². The predicted molar refractivity (Wildman–Crippen MR) is 247 cm³/mol. The molecule has 6 nitrogen and oxygen atoms in total. The first-order valence-electron chi connectivity index (χ1n) is 24.3. The molecule has 0 fully saturated rings. The summed E-state index contributed by atoms with van der Waals surface area (Å²) >= 11 is 0. The molecule has 0 saturated carbocycles. The van der Waals surface area contributed by atoms with Crippen LogP contribution in [-0.4, -0.2) is 37.2 Å². The molecule has 0 aromatic rings. The highest BCUT2D eigenvalue weighted by molar-refractivity contribution is 5.71. The minimum Gasteiger partial charge on any atom is -0.462 e. The van der Waals surface area contributed by atoms with Crippen molar-refractivity contribution in [1.82, 2.24) is 0 Å². The van der Waals surface area contributed by atoms with Crippen LogP contribution in [0.15, 0.2) is 60.8 Å². The van der Waals surface area contributed by atoms with Crippen molar-refractivity contribution in [3.8, 4) is 0 Å². The molecule has 0 spiro atoms. The molecule has 6 heteroatoms. The second kappa shape index (κ2) is 46.8. The first kappa shape index (κ1) is 55.1. The van der Waals surface area contributed by atoms with Gasteiger partial charge in [-0.15, -0.1) is 0 Å². The van der Waals surface area contributed by atoms with Crippen LogP contribution < -0.4 is 0 Å². The number of unbranched alkanes of at least 4 members (excludes halogenated alkanes) is 22. The molecule has 0 amide bonds. The van der Waals surface area contributed by atoms with Gasteiger partial charge in [0.2, 0.25) is 0 Å². The lowest BCUT2D eigenvalue weighted by atomic mass is 10.1. The van der Waals surface area contributed by atoms with Crippen LogP contribution in [0.2, 0.25) is 0 Å². The van der Waals surface area contributed by atoms with E-state index in [1.165, 1.54) is 89.9 Å². The molecule has 0 aliphatic heterocycles. The maximum atomic E-state index is 12.7. The molecule has 0 radical (unpaired) electrons. The highest BCUT2D eigenvalue weighted by Crippen LogP contribution is 2.14. The van der Waals surface area contributed by atoms with Crippen LogP contribution in [0.4, 0.5) is 0 Å². The van der Waals surface area contributed by atoms with Crippen molar-refractivity contribution in [1.29, 1.82) is 0 Å². The third kappa shape index (κ3) is 44.2. The normalized spacial score (nSPS) is 12.5. The number of rotatable bonds is 43. The van der Waals surface area contributed by atoms with Crippen molar-refractivity contribution in [2.45, 2.75) is 239 Å². The lowest BCUT2D eigenvalue weighted by Crippen LogP contribution is -2.30. The van der Waals surface area contributed by atoms with E-state index in [0.717, 1.165) is 103 Å². The van der Waals surface area contributed by atoms with E-state index in [1.54, 1.807) is 0 Å². The van der Waals surface area contributed by atoms with Gasteiger partial charge in [0.05, 0.1) is 0 Å². The van der Waals surface area contributed by atoms with Gasteiger partial charge in [-0.3, -0.25) is 14.4 Å². The van der Waals surface area contributed by atoms with E-state index in [0.29, 0.717) is 19.3 Å². The van der Waals surface area contributed by atoms with E-state index in [4.69, 9.17) is 14.2 Å². The van der Waals surface area contributed by atoms with Gasteiger partial charge < -0.3 is 14.2 Å². The summed E-state index contributed by atoms with van der Waals surface area (Å²) in [4.78, 5) is 37.8. The molecule has 0 rings (SSSR count). The van der Waals surface area contributed by atoms with Gasteiger partial charge in [-0.25, -0.2) is 0 Å². The average molecular weight is 811 g/mol. The quantitative estimate of drug-likeness (QED) is 0.0264. The molecule has 0 aliphatic carbocycles. The summed E-state index contributed by atoms with van der Waals surface area (Å²) in [5.41, 5.74) is 0. The van der Waals surface area contributed by atoms with Gasteiger partial charge in [0, 0.05) is 19.3 Å². The van der Waals surface area contributed by atoms with Gasteiger partial charge in [-0.05, 0) is 83.5 Å². The molecule has 0 aromatic carbocycles. The summed E-state index contributed by atoms with van der Waals surface area (Å²) in [6, 6.07) is 0. The Morgan fingerprint density at radius 1 is 0.362 bits per heavy atom. The third-order valence-electron chi connectivity index (χ3n) is 10.3. The third-order valence-corrected chi connectivity index (χ3v) is 10.3.